The van der Waals surface area contributed by atoms with Crippen LogP contribution in [0.2, 0.25) is 10.0 Å². The third-order valence-corrected chi connectivity index (χ3v) is 11.0. The lowest BCUT2D eigenvalue weighted by Gasteiger charge is -2.44. The highest BCUT2D eigenvalue weighted by Crippen LogP contribution is 2.41. The predicted octanol–water partition coefficient (Wildman–Crippen LogP) is 5.41. The molecule has 3 aliphatic rings. The third kappa shape index (κ3) is 8.69. The average Bonchev–Trinajstić information content (AvgIpc) is 3.55. The summed E-state index contributed by atoms with van der Waals surface area (Å²) in [7, 11) is 2.99. The first-order chi connectivity index (χ1) is 25.0. The molecule has 12 nitrogen and oxygen atoms in total. The molecular formula is C36H36Cl2FN3O9S. The van der Waals surface area contributed by atoms with E-state index in [2.05, 4.69) is 4.90 Å². The molecule has 3 saturated heterocycles. The summed E-state index contributed by atoms with van der Waals surface area (Å²) >= 11 is 14.0. The summed E-state index contributed by atoms with van der Waals surface area (Å²) in [5.41, 5.74) is 1.47. The Labute approximate surface area is 313 Å². The largest absolute Gasteiger partial charge is 0.544 e. The Morgan fingerprint density at radius 3 is 2.33 bits per heavy atom. The highest BCUT2D eigenvalue weighted by Gasteiger charge is 2.38. The minimum absolute atomic E-state index is 0.00956. The van der Waals surface area contributed by atoms with Crippen LogP contribution in [0.4, 0.5) is 14.9 Å². The number of thiophene rings is 1. The Hall–Kier alpha value is -4.63. The molecule has 52 heavy (non-hydrogen) atoms. The minimum Gasteiger partial charge on any atom is -0.544 e. The molecule has 3 aliphatic heterocycles. The number of amides is 1. The van der Waals surface area contributed by atoms with Gasteiger partial charge in [0.25, 0.3) is 6.47 Å². The van der Waals surface area contributed by atoms with E-state index in [1.807, 2.05) is 0 Å². The van der Waals surface area contributed by atoms with Gasteiger partial charge < -0.3 is 29.2 Å². The number of carboxylic acids is 1. The van der Waals surface area contributed by atoms with Crippen molar-refractivity contribution in [3.63, 3.8) is 0 Å². The number of hydrogen-bond acceptors (Lipinski definition) is 10. The highest BCUT2D eigenvalue weighted by molar-refractivity contribution is 7.14. The summed E-state index contributed by atoms with van der Waals surface area (Å²) in [6.45, 7) is 2.12. The zero-order valence-electron chi connectivity index (χ0n) is 28.2. The number of anilines is 1. The number of pyridine rings is 1. The number of nitrogens with zero attached hydrogens (tertiary/aromatic N) is 3. The molecule has 1 amide bonds. The molecular weight excluding hydrogens is 740 g/mol. The summed E-state index contributed by atoms with van der Waals surface area (Å²) in [5, 5.41) is 29.9. The molecule has 0 saturated carbocycles. The van der Waals surface area contributed by atoms with E-state index in [0.717, 1.165) is 42.0 Å². The molecule has 2 bridgehead atoms. The molecule has 5 heterocycles. The molecule has 16 heteroatoms. The van der Waals surface area contributed by atoms with Crippen LogP contribution in [0.5, 0.6) is 11.5 Å². The Morgan fingerprint density at radius 1 is 1.10 bits per heavy atom. The summed E-state index contributed by atoms with van der Waals surface area (Å²) in [6, 6.07) is 12.8. The van der Waals surface area contributed by atoms with Crippen molar-refractivity contribution in [1.82, 2.24) is 4.90 Å². The van der Waals surface area contributed by atoms with Gasteiger partial charge >= 0.3 is 6.09 Å². The summed E-state index contributed by atoms with van der Waals surface area (Å²) in [5.74, 6) is -1.62. The van der Waals surface area contributed by atoms with E-state index in [4.69, 9.17) is 47.3 Å². The number of piperidine rings is 3. The molecule has 0 radical (unpaired) electrons. The lowest BCUT2D eigenvalue weighted by Crippen LogP contribution is -2.53. The van der Waals surface area contributed by atoms with E-state index in [-0.39, 0.29) is 52.1 Å². The number of methoxy groups -OCH3 is 2. The van der Waals surface area contributed by atoms with E-state index in [0.29, 0.717) is 39.6 Å². The Kier molecular flexibility index (Phi) is 12.8. The van der Waals surface area contributed by atoms with Gasteiger partial charge in [0, 0.05) is 27.6 Å². The second-order valence-electron chi connectivity index (χ2n) is 12.2. The van der Waals surface area contributed by atoms with Crippen LogP contribution in [-0.2, 0) is 22.5 Å². The van der Waals surface area contributed by atoms with Gasteiger partial charge in [0.15, 0.2) is 11.5 Å². The first-order valence-corrected chi connectivity index (χ1v) is 17.7. The maximum Gasteiger partial charge on any atom is 0.415 e. The van der Waals surface area contributed by atoms with Gasteiger partial charge in [-0.05, 0) is 79.7 Å². The average molecular weight is 777 g/mol. The maximum atomic E-state index is 15.2. The topological polar surface area (TPSA) is 153 Å². The van der Waals surface area contributed by atoms with Crippen molar-refractivity contribution in [2.45, 2.75) is 37.8 Å². The van der Waals surface area contributed by atoms with Crippen LogP contribution in [0.1, 0.15) is 50.0 Å². The van der Waals surface area contributed by atoms with Crippen molar-refractivity contribution < 1.29 is 53.1 Å². The van der Waals surface area contributed by atoms with Crippen molar-refractivity contribution >= 4 is 58.8 Å². The van der Waals surface area contributed by atoms with Crippen LogP contribution in [0, 0.1) is 11.7 Å². The number of carboxylic acid groups (broad SMARTS) is 2. The number of ether oxygens (including phenoxy) is 3. The quantitative estimate of drug-likeness (QED) is 0.115. The number of aromatic carboxylic acids is 1. The van der Waals surface area contributed by atoms with E-state index >= 15 is 4.39 Å². The molecule has 2 atom stereocenters. The number of fused-ring (bicyclic) bond motifs is 3. The van der Waals surface area contributed by atoms with Crippen LogP contribution in [0.25, 0.3) is 0 Å². The Balaban J connectivity index is 0.00000168. The van der Waals surface area contributed by atoms with Crippen molar-refractivity contribution in [1.29, 1.82) is 0 Å². The maximum absolute atomic E-state index is 15.2. The molecule has 2 aromatic carbocycles. The zero-order chi connectivity index (χ0) is 37.5. The van der Waals surface area contributed by atoms with Crippen LogP contribution >= 0.6 is 34.5 Å². The molecule has 0 unspecified atom stereocenters. The number of aromatic nitrogens is 1. The smallest absolute Gasteiger partial charge is 0.415 e. The molecule has 0 aliphatic carbocycles. The van der Waals surface area contributed by atoms with E-state index in [9.17, 15) is 19.9 Å². The zero-order valence-corrected chi connectivity index (χ0v) is 30.5. The van der Waals surface area contributed by atoms with Crippen LogP contribution in [0.3, 0.4) is 0 Å². The third-order valence-electron chi connectivity index (χ3n) is 9.18. The number of carbonyl (C=O) groups is 3. The van der Waals surface area contributed by atoms with Crippen molar-refractivity contribution in [2.24, 2.45) is 5.92 Å². The highest BCUT2D eigenvalue weighted by atomic mass is 35.5. The van der Waals surface area contributed by atoms with E-state index < -0.39 is 23.8 Å². The molecule has 3 fully saturated rings. The standard InChI is InChI=1S/C35H34Cl2FN3O7S.CH2O2/c1-46-30-8-7-21(13-31(30)47-2)23(15-25-26(36)17-40(45)18-27(25)37)24-14-22(49-33(24)34(42)43)16-41(29-6-4-3-5-28(29)38)35(44)48-32-19-39-11-9-20(32)10-12-39;2-1-3/h3-8,13-14,17-18,20,23,32H,9-12,15-16,19H2,1-2H3,(H-,42,43,45);1H,(H,2,3)/t23-,32+;/m0./s1. The molecule has 276 valence electrons. The fourth-order valence-electron chi connectivity index (χ4n) is 6.68. The second-order valence-corrected chi connectivity index (χ2v) is 14.1. The predicted molar refractivity (Wildman–Crippen MR) is 188 cm³/mol. The second kappa shape index (κ2) is 17.3. The van der Waals surface area contributed by atoms with Gasteiger partial charge in [-0.2, -0.15) is 0 Å². The van der Waals surface area contributed by atoms with Crippen molar-refractivity contribution in [3.05, 3.63) is 103 Å². The van der Waals surface area contributed by atoms with Gasteiger partial charge in [-0.15, -0.1) is 11.3 Å². The summed E-state index contributed by atoms with van der Waals surface area (Å²) < 4.78 is 33.0. The van der Waals surface area contributed by atoms with Gasteiger partial charge in [0.1, 0.15) is 22.0 Å². The van der Waals surface area contributed by atoms with Gasteiger partial charge in [0.2, 0.25) is 12.4 Å². The molecule has 0 spiro atoms. The SMILES string of the molecule is COc1ccc([C@H](Cc2c(Cl)c[n+](O)cc2Cl)c2cc(CN(C(=O)O[C@@H]3CN4CCC3CC4)c3ccccc3F)sc2C(=O)[O-])cc1OC.O=CO. The van der Waals surface area contributed by atoms with E-state index in [1.54, 1.807) is 30.3 Å². The van der Waals surface area contributed by atoms with Crippen LogP contribution in [-0.4, -0.2) is 73.7 Å². The number of halogens is 3. The normalized spacial score (nSPS) is 18.1. The summed E-state index contributed by atoms with van der Waals surface area (Å²) in [6.07, 6.45) is 3.47. The fourth-order valence-corrected chi connectivity index (χ4v) is 8.33. The Bertz CT molecular complexity index is 1900. The number of carbonyl (C=O) groups excluding carboxylic acids is 2. The lowest BCUT2D eigenvalue weighted by molar-refractivity contribution is -0.904. The van der Waals surface area contributed by atoms with Gasteiger partial charge in [-0.25, -0.2) is 9.18 Å². The lowest BCUT2D eigenvalue weighted by atomic mass is 9.85. The fraction of sp³-hybridized carbons (Fsp3) is 0.333. The first-order valence-electron chi connectivity index (χ1n) is 16.1. The van der Waals surface area contributed by atoms with E-state index in [1.165, 1.54) is 49.7 Å². The van der Waals surface area contributed by atoms with Crippen LogP contribution < -0.4 is 24.2 Å². The first kappa shape index (κ1) is 38.6. The van der Waals surface area contributed by atoms with Crippen molar-refractivity contribution in [3.8, 4) is 11.5 Å². The summed E-state index contributed by atoms with van der Waals surface area (Å²) in [4.78, 5) is 38.7. The minimum atomic E-state index is -1.43. The van der Waals surface area contributed by atoms with Gasteiger partial charge in [-0.1, -0.05) is 41.4 Å². The number of hydrogen-bond donors (Lipinski definition) is 2. The molecule has 2 N–H and O–H groups in total. The molecule has 2 aromatic heterocycles. The van der Waals surface area contributed by atoms with Crippen molar-refractivity contribution in [2.75, 3.05) is 38.8 Å². The number of rotatable bonds is 11. The molecule has 4 aromatic rings. The van der Waals surface area contributed by atoms with Gasteiger partial charge in [-0.3, -0.25) is 19.8 Å². The number of benzene rings is 2. The monoisotopic (exact) mass is 775 g/mol. The van der Waals surface area contributed by atoms with Gasteiger partial charge in [0.05, 0.1) is 37.3 Å². The number of para-hydroxylation sites is 1. The Morgan fingerprint density at radius 2 is 1.75 bits per heavy atom. The van der Waals surface area contributed by atoms with Crippen LogP contribution in [0.15, 0.2) is 60.9 Å². The molecule has 7 rings (SSSR count).